The summed E-state index contributed by atoms with van der Waals surface area (Å²) in [5.74, 6) is 0.973. The molecule has 0 radical (unpaired) electrons. The third-order valence-corrected chi connectivity index (χ3v) is 9.37. The van der Waals surface area contributed by atoms with Crippen LogP contribution < -0.4 is 0 Å². The van der Waals surface area contributed by atoms with Crippen molar-refractivity contribution >= 4 is 32.3 Å². The second-order valence-corrected chi connectivity index (χ2v) is 12.4. The van der Waals surface area contributed by atoms with E-state index < -0.39 is 0 Å². The van der Waals surface area contributed by atoms with Gasteiger partial charge in [0.05, 0.1) is 11.4 Å². The van der Waals surface area contributed by atoms with Crippen molar-refractivity contribution in [1.29, 1.82) is 0 Å². The Hall–Kier alpha value is -6.58. The Bertz CT molecular complexity index is 2640. The zero-order valence-electron chi connectivity index (χ0n) is 26.6. The van der Waals surface area contributed by atoms with Crippen LogP contribution in [0.5, 0.6) is 5.75 Å². The topological polar surface area (TPSA) is 46.0 Å². The highest BCUT2D eigenvalue weighted by molar-refractivity contribution is 6.26. The van der Waals surface area contributed by atoms with Crippen LogP contribution in [0.3, 0.4) is 0 Å². The number of para-hydroxylation sites is 1. The normalized spacial score (nSPS) is 11.3. The molecule has 9 aromatic rings. The predicted octanol–water partition coefficient (Wildman–Crippen LogP) is 12.0. The number of aromatic hydroxyl groups is 1. The van der Waals surface area contributed by atoms with Gasteiger partial charge >= 0.3 is 0 Å². The molecular weight excluding hydrogens is 597 g/mol. The molecule has 0 aliphatic rings. The number of nitrogens with zero attached hydrogens (tertiary/aromatic N) is 2. The van der Waals surface area contributed by atoms with E-state index in [2.05, 4.69) is 127 Å². The average molecular weight is 627 g/mol. The van der Waals surface area contributed by atoms with E-state index in [4.69, 9.17) is 9.97 Å². The fourth-order valence-corrected chi connectivity index (χ4v) is 6.95. The van der Waals surface area contributed by atoms with Gasteiger partial charge in [0.2, 0.25) is 0 Å². The van der Waals surface area contributed by atoms with Crippen LogP contribution in [0.15, 0.2) is 176 Å². The van der Waals surface area contributed by atoms with Crippen molar-refractivity contribution in [3.63, 3.8) is 0 Å². The summed E-state index contributed by atoms with van der Waals surface area (Å²) in [6, 6.07) is 60.6. The highest BCUT2D eigenvalue weighted by Crippen LogP contribution is 2.40. The minimum Gasteiger partial charge on any atom is -0.507 e. The Morgan fingerprint density at radius 3 is 1.47 bits per heavy atom. The number of rotatable bonds is 5. The third-order valence-electron chi connectivity index (χ3n) is 9.37. The summed E-state index contributed by atoms with van der Waals surface area (Å²) in [4.78, 5) is 10.2. The number of phenolic OH excluding ortho intramolecular Hbond substituents is 1. The van der Waals surface area contributed by atoms with E-state index in [0.29, 0.717) is 5.82 Å². The Morgan fingerprint density at radius 2 is 0.796 bits per heavy atom. The summed E-state index contributed by atoms with van der Waals surface area (Å²) >= 11 is 0. The van der Waals surface area contributed by atoms with E-state index in [9.17, 15) is 5.11 Å². The molecule has 0 bridgehead atoms. The van der Waals surface area contributed by atoms with Crippen LogP contribution in [-0.2, 0) is 0 Å². The summed E-state index contributed by atoms with van der Waals surface area (Å²) in [6.07, 6.45) is 0. The second kappa shape index (κ2) is 11.9. The van der Waals surface area contributed by atoms with Gasteiger partial charge in [-0.2, -0.15) is 0 Å². The minimum absolute atomic E-state index is 0.280. The maximum atomic E-state index is 10.6. The zero-order chi connectivity index (χ0) is 32.7. The molecule has 49 heavy (non-hydrogen) atoms. The van der Waals surface area contributed by atoms with Crippen LogP contribution in [0.25, 0.3) is 88.5 Å². The molecule has 3 nitrogen and oxygen atoms in total. The van der Waals surface area contributed by atoms with E-state index in [1.165, 1.54) is 32.5 Å². The molecule has 9 rings (SSSR count). The van der Waals surface area contributed by atoms with E-state index in [-0.39, 0.29) is 5.75 Å². The molecule has 3 heteroatoms. The summed E-state index contributed by atoms with van der Waals surface area (Å²) in [6.45, 7) is 0. The van der Waals surface area contributed by atoms with Crippen LogP contribution in [0.2, 0.25) is 0 Å². The number of phenols is 1. The number of hydrogen-bond donors (Lipinski definition) is 1. The van der Waals surface area contributed by atoms with Gasteiger partial charge in [-0.05, 0) is 79.3 Å². The van der Waals surface area contributed by atoms with Gasteiger partial charge in [0, 0.05) is 22.3 Å². The SMILES string of the molecule is Oc1ccccc1-c1ccc2c3ccc(-c4cc(-c5cccc(-c6ccccc6)c5)nc(-c5ccccc5)n4)cc3c3ccccc3c2c1. The van der Waals surface area contributed by atoms with E-state index in [0.717, 1.165) is 50.2 Å². The summed E-state index contributed by atoms with van der Waals surface area (Å²) in [5.41, 5.74) is 8.93. The van der Waals surface area contributed by atoms with Crippen LogP contribution in [0.1, 0.15) is 0 Å². The van der Waals surface area contributed by atoms with Crippen LogP contribution >= 0.6 is 0 Å². The molecule has 0 saturated heterocycles. The van der Waals surface area contributed by atoms with Gasteiger partial charge in [0.25, 0.3) is 0 Å². The van der Waals surface area contributed by atoms with Gasteiger partial charge in [0.1, 0.15) is 5.75 Å². The third kappa shape index (κ3) is 5.18. The molecule has 0 amide bonds. The van der Waals surface area contributed by atoms with Crippen LogP contribution in [0.4, 0.5) is 0 Å². The van der Waals surface area contributed by atoms with Gasteiger partial charge in [-0.15, -0.1) is 0 Å². The fraction of sp³-hybridized carbons (Fsp3) is 0. The lowest BCUT2D eigenvalue weighted by Crippen LogP contribution is -1.96. The number of aromatic nitrogens is 2. The summed E-state index contributed by atoms with van der Waals surface area (Å²) in [5, 5.41) is 17.6. The molecule has 8 aromatic carbocycles. The predicted molar refractivity (Wildman–Crippen MR) is 203 cm³/mol. The fourth-order valence-electron chi connectivity index (χ4n) is 6.95. The Kier molecular flexibility index (Phi) is 6.95. The molecule has 0 fully saturated rings. The van der Waals surface area contributed by atoms with Crippen molar-refractivity contribution in [2.45, 2.75) is 0 Å². The molecular formula is C46H30N2O. The van der Waals surface area contributed by atoms with Crippen LogP contribution in [0, 0.1) is 0 Å². The number of hydrogen-bond acceptors (Lipinski definition) is 3. The van der Waals surface area contributed by atoms with Crippen LogP contribution in [-0.4, -0.2) is 15.1 Å². The van der Waals surface area contributed by atoms with Crippen molar-refractivity contribution in [3.8, 4) is 61.9 Å². The van der Waals surface area contributed by atoms with E-state index >= 15 is 0 Å². The number of benzene rings is 8. The maximum absolute atomic E-state index is 10.6. The molecule has 0 aliphatic heterocycles. The van der Waals surface area contributed by atoms with Gasteiger partial charge in [-0.3, -0.25) is 0 Å². The first kappa shape index (κ1) is 28.6. The van der Waals surface area contributed by atoms with Crippen molar-refractivity contribution in [3.05, 3.63) is 176 Å². The Morgan fingerprint density at radius 1 is 0.306 bits per heavy atom. The highest BCUT2D eigenvalue weighted by atomic mass is 16.3. The molecule has 0 spiro atoms. The molecule has 1 heterocycles. The summed E-state index contributed by atoms with van der Waals surface area (Å²) in [7, 11) is 0. The molecule has 1 N–H and O–H groups in total. The average Bonchev–Trinajstić information content (AvgIpc) is 3.18. The first-order valence-electron chi connectivity index (χ1n) is 16.5. The first-order chi connectivity index (χ1) is 24.2. The van der Waals surface area contributed by atoms with Crippen molar-refractivity contribution in [1.82, 2.24) is 9.97 Å². The quantitative estimate of drug-likeness (QED) is 0.193. The highest BCUT2D eigenvalue weighted by Gasteiger charge is 2.15. The molecule has 1 aromatic heterocycles. The first-order valence-corrected chi connectivity index (χ1v) is 16.5. The molecule has 0 aliphatic carbocycles. The van der Waals surface area contributed by atoms with Gasteiger partial charge in [-0.25, -0.2) is 9.97 Å². The van der Waals surface area contributed by atoms with Gasteiger partial charge in [-0.1, -0.05) is 146 Å². The minimum atomic E-state index is 0.280. The molecule has 0 saturated carbocycles. The lowest BCUT2D eigenvalue weighted by molar-refractivity contribution is 0.477. The molecule has 0 atom stereocenters. The zero-order valence-corrected chi connectivity index (χ0v) is 26.6. The molecule has 0 unspecified atom stereocenters. The Balaban J connectivity index is 1.24. The standard InChI is InChI=1S/C46H30N2O/c49-45-21-10-9-18-36(45)33-22-24-39-40-25-23-35(28-42(40)38-20-8-7-19-37(38)41(39)27-33)44-29-43(47-46(48-44)31-14-5-2-6-15-31)34-17-11-16-32(26-34)30-12-3-1-4-13-30/h1-29,49H. The van der Waals surface area contributed by atoms with Crippen molar-refractivity contribution in [2.75, 3.05) is 0 Å². The lowest BCUT2D eigenvalue weighted by Gasteiger charge is -2.14. The van der Waals surface area contributed by atoms with Crippen molar-refractivity contribution < 1.29 is 5.11 Å². The van der Waals surface area contributed by atoms with Gasteiger partial charge < -0.3 is 5.11 Å². The van der Waals surface area contributed by atoms with Gasteiger partial charge in [0.15, 0.2) is 5.82 Å². The summed E-state index contributed by atoms with van der Waals surface area (Å²) < 4.78 is 0. The lowest BCUT2D eigenvalue weighted by atomic mass is 9.90. The second-order valence-electron chi connectivity index (χ2n) is 12.4. The van der Waals surface area contributed by atoms with E-state index in [1.807, 2.05) is 42.5 Å². The largest absolute Gasteiger partial charge is 0.507 e. The monoisotopic (exact) mass is 626 g/mol. The molecule has 230 valence electrons. The van der Waals surface area contributed by atoms with Crippen molar-refractivity contribution in [2.24, 2.45) is 0 Å². The maximum Gasteiger partial charge on any atom is 0.160 e. The Labute approximate surface area is 284 Å². The smallest absolute Gasteiger partial charge is 0.160 e. The number of fused-ring (bicyclic) bond motifs is 6. The van der Waals surface area contributed by atoms with E-state index in [1.54, 1.807) is 6.07 Å².